The zero-order valence-corrected chi connectivity index (χ0v) is 21.0. The van der Waals surface area contributed by atoms with Crippen LogP contribution in [0.2, 0.25) is 0 Å². The van der Waals surface area contributed by atoms with Gasteiger partial charge in [0.2, 0.25) is 11.6 Å². The number of thioether (sulfide) groups is 1. The zero-order valence-electron chi connectivity index (χ0n) is 20.2. The van der Waals surface area contributed by atoms with Gasteiger partial charge in [-0.05, 0) is 50.6 Å². The largest absolute Gasteiger partial charge is 0.490 e. The van der Waals surface area contributed by atoms with Gasteiger partial charge in [-0.15, -0.1) is 16.9 Å². The van der Waals surface area contributed by atoms with Gasteiger partial charge in [-0.2, -0.15) is 0 Å². The first-order chi connectivity index (χ1) is 16.4. The monoisotopic (exact) mass is 485 g/mol. The molecule has 8 nitrogen and oxygen atoms in total. The first kappa shape index (κ1) is 25.4. The Balaban J connectivity index is 1.72. The Morgan fingerprint density at radius 2 is 1.59 bits per heavy atom. The summed E-state index contributed by atoms with van der Waals surface area (Å²) >= 11 is 1.81. The average molecular weight is 486 g/mol. The third-order valence-electron chi connectivity index (χ3n) is 4.51. The van der Waals surface area contributed by atoms with Crippen LogP contribution >= 0.6 is 11.8 Å². The topological polar surface area (TPSA) is 95.7 Å². The summed E-state index contributed by atoms with van der Waals surface area (Å²) < 4.78 is 22.7. The molecule has 3 aromatic rings. The van der Waals surface area contributed by atoms with Gasteiger partial charge < -0.3 is 18.6 Å². The highest BCUT2D eigenvalue weighted by atomic mass is 32.2. The average Bonchev–Trinajstić information content (AvgIpc) is 3.23. The van der Waals surface area contributed by atoms with E-state index in [1.807, 2.05) is 44.7 Å². The molecule has 182 valence electrons. The van der Waals surface area contributed by atoms with Crippen LogP contribution in [0.25, 0.3) is 0 Å². The standard InChI is InChI=1S/C25H31N3O5S/c1-6-30-20-14-18(15-21(31-7-2)23(20)32-8-3)24(29)26-25-28-27-22(33-25)13-17-9-11-19(12-10-17)34-16(4)5/h9-12,14-16H,6-8,13H2,1-5H3,(H,26,28,29). The number of benzene rings is 2. The Hall–Kier alpha value is -3.20. The van der Waals surface area contributed by atoms with Crippen LogP contribution in [-0.2, 0) is 6.42 Å². The highest BCUT2D eigenvalue weighted by Crippen LogP contribution is 2.39. The Bertz CT molecular complexity index is 1060. The molecule has 0 saturated carbocycles. The van der Waals surface area contributed by atoms with Crippen molar-refractivity contribution in [1.82, 2.24) is 10.2 Å². The van der Waals surface area contributed by atoms with E-state index in [9.17, 15) is 4.79 Å². The number of nitrogens with zero attached hydrogens (tertiary/aromatic N) is 2. The van der Waals surface area contributed by atoms with Crippen molar-refractivity contribution in [3.05, 3.63) is 53.4 Å². The van der Waals surface area contributed by atoms with Crippen molar-refractivity contribution >= 4 is 23.7 Å². The molecule has 0 fully saturated rings. The highest BCUT2D eigenvalue weighted by molar-refractivity contribution is 7.99. The summed E-state index contributed by atoms with van der Waals surface area (Å²) in [6.45, 7) is 11.2. The van der Waals surface area contributed by atoms with E-state index in [4.69, 9.17) is 18.6 Å². The lowest BCUT2D eigenvalue weighted by molar-refractivity contribution is 0.102. The molecule has 0 unspecified atom stereocenters. The van der Waals surface area contributed by atoms with Gasteiger partial charge in [-0.25, -0.2) is 0 Å². The molecule has 0 spiro atoms. The van der Waals surface area contributed by atoms with Gasteiger partial charge in [0.05, 0.1) is 26.2 Å². The summed E-state index contributed by atoms with van der Waals surface area (Å²) in [5, 5.41) is 11.2. The molecule has 0 bridgehead atoms. The van der Waals surface area contributed by atoms with Crippen molar-refractivity contribution in [2.45, 2.75) is 51.2 Å². The smallest absolute Gasteiger partial charge is 0.322 e. The van der Waals surface area contributed by atoms with Crippen LogP contribution in [0, 0.1) is 0 Å². The van der Waals surface area contributed by atoms with E-state index in [0.717, 1.165) is 5.56 Å². The van der Waals surface area contributed by atoms with Crippen molar-refractivity contribution < 1.29 is 23.4 Å². The SMILES string of the molecule is CCOc1cc(C(=O)Nc2nnc(Cc3ccc(SC(C)C)cc3)o2)cc(OCC)c1OCC. The van der Waals surface area contributed by atoms with Gasteiger partial charge >= 0.3 is 6.01 Å². The van der Waals surface area contributed by atoms with E-state index < -0.39 is 5.91 Å². The minimum atomic E-state index is -0.421. The van der Waals surface area contributed by atoms with E-state index in [1.54, 1.807) is 12.1 Å². The number of carbonyl (C=O) groups is 1. The minimum absolute atomic E-state index is 0.0248. The van der Waals surface area contributed by atoms with Gasteiger partial charge in [0.25, 0.3) is 5.91 Å². The van der Waals surface area contributed by atoms with Gasteiger partial charge in [0.1, 0.15) is 0 Å². The third kappa shape index (κ3) is 6.90. The predicted octanol–water partition coefficient (Wildman–Crippen LogP) is 5.61. The van der Waals surface area contributed by atoms with Crippen LogP contribution in [0.5, 0.6) is 17.2 Å². The number of hydrogen-bond acceptors (Lipinski definition) is 8. The summed E-state index contributed by atoms with van der Waals surface area (Å²) in [6.07, 6.45) is 0.474. The fourth-order valence-corrected chi connectivity index (χ4v) is 4.03. The molecule has 0 saturated heterocycles. The number of hydrogen-bond donors (Lipinski definition) is 1. The number of amides is 1. The van der Waals surface area contributed by atoms with Crippen LogP contribution in [-0.4, -0.2) is 41.2 Å². The van der Waals surface area contributed by atoms with Crippen molar-refractivity contribution in [2.75, 3.05) is 25.1 Å². The van der Waals surface area contributed by atoms with Gasteiger partial charge in [-0.3, -0.25) is 10.1 Å². The number of rotatable bonds is 12. The number of anilines is 1. The Morgan fingerprint density at radius 1 is 0.971 bits per heavy atom. The van der Waals surface area contributed by atoms with Crippen LogP contribution in [0.4, 0.5) is 6.01 Å². The molecule has 0 aliphatic rings. The zero-order chi connectivity index (χ0) is 24.5. The molecule has 0 aliphatic carbocycles. The van der Waals surface area contributed by atoms with Gasteiger partial charge in [-0.1, -0.05) is 31.1 Å². The summed E-state index contributed by atoms with van der Waals surface area (Å²) in [7, 11) is 0. The Labute approximate surface area is 204 Å². The Morgan fingerprint density at radius 3 is 2.15 bits per heavy atom. The first-order valence-corrected chi connectivity index (χ1v) is 12.3. The molecule has 0 aliphatic heterocycles. The summed E-state index contributed by atoms with van der Waals surface area (Å²) in [5.74, 6) is 1.34. The second kappa shape index (κ2) is 12.3. The molecule has 1 aromatic heterocycles. The lowest BCUT2D eigenvalue weighted by Gasteiger charge is -2.16. The lowest BCUT2D eigenvalue weighted by atomic mass is 10.1. The summed E-state index contributed by atoms with van der Waals surface area (Å²) in [6, 6.07) is 11.5. The molecule has 0 radical (unpaired) electrons. The van der Waals surface area contributed by atoms with Crippen LogP contribution in [0.3, 0.4) is 0 Å². The number of aromatic nitrogens is 2. The molecule has 34 heavy (non-hydrogen) atoms. The van der Waals surface area contributed by atoms with E-state index in [1.165, 1.54) is 4.90 Å². The molecular weight excluding hydrogens is 454 g/mol. The number of ether oxygens (including phenoxy) is 3. The molecule has 0 atom stereocenters. The van der Waals surface area contributed by atoms with Crippen LogP contribution in [0.15, 0.2) is 45.7 Å². The molecule has 1 heterocycles. The molecular formula is C25H31N3O5S. The number of carbonyl (C=O) groups excluding carboxylic acids is 1. The first-order valence-electron chi connectivity index (χ1n) is 11.4. The van der Waals surface area contributed by atoms with E-state index >= 15 is 0 Å². The second-order valence-electron chi connectivity index (χ2n) is 7.54. The minimum Gasteiger partial charge on any atom is -0.490 e. The number of nitrogens with one attached hydrogen (secondary N) is 1. The van der Waals surface area contributed by atoms with Crippen molar-refractivity contribution in [3.63, 3.8) is 0 Å². The summed E-state index contributed by atoms with van der Waals surface area (Å²) in [4.78, 5) is 14.1. The van der Waals surface area contributed by atoms with Gasteiger partial charge in [0.15, 0.2) is 11.5 Å². The van der Waals surface area contributed by atoms with Crippen molar-refractivity contribution in [3.8, 4) is 17.2 Å². The van der Waals surface area contributed by atoms with Crippen molar-refractivity contribution in [1.29, 1.82) is 0 Å². The normalized spacial score (nSPS) is 10.9. The van der Waals surface area contributed by atoms with Crippen LogP contribution in [0.1, 0.15) is 56.4 Å². The Kier molecular flexibility index (Phi) is 9.21. The maximum absolute atomic E-state index is 12.9. The maximum atomic E-state index is 12.9. The van der Waals surface area contributed by atoms with Crippen molar-refractivity contribution in [2.24, 2.45) is 0 Å². The fraction of sp³-hybridized carbons (Fsp3) is 0.400. The van der Waals surface area contributed by atoms with Gasteiger partial charge in [0, 0.05) is 15.7 Å². The van der Waals surface area contributed by atoms with E-state index in [2.05, 4.69) is 41.5 Å². The molecule has 2 aromatic carbocycles. The van der Waals surface area contributed by atoms with E-state index in [0.29, 0.717) is 60.2 Å². The molecule has 1 N–H and O–H groups in total. The molecule has 1 amide bonds. The highest BCUT2D eigenvalue weighted by Gasteiger charge is 2.20. The predicted molar refractivity (Wildman–Crippen MR) is 132 cm³/mol. The molecule has 3 rings (SSSR count). The maximum Gasteiger partial charge on any atom is 0.322 e. The lowest BCUT2D eigenvalue weighted by Crippen LogP contribution is -2.13. The quantitative estimate of drug-likeness (QED) is 0.331. The summed E-state index contributed by atoms with van der Waals surface area (Å²) in [5.41, 5.74) is 1.37. The molecule has 9 heteroatoms. The van der Waals surface area contributed by atoms with E-state index in [-0.39, 0.29) is 6.01 Å². The third-order valence-corrected chi connectivity index (χ3v) is 5.52. The second-order valence-corrected chi connectivity index (χ2v) is 9.19. The fourth-order valence-electron chi connectivity index (χ4n) is 3.20. The van der Waals surface area contributed by atoms with Crippen LogP contribution < -0.4 is 19.5 Å².